The van der Waals surface area contributed by atoms with Crippen molar-refractivity contribution in [2.75, 3.05) is 10.0 Å². The first-order chi connectivity index (χ1) is 13.9. The van der Waals surface area contributed by atoms with E-state index in [1.807, 2.05) is 6.92 Å². The lowest BCUT2D eigenvalue weighted by Crippen LogP contribution is -2.12. The van der Waals surface area contributed by atoms with Gasteiger partial charge in [0.15, 0.2) is 5.13 Å². The van der Waals surface area contributed by atoms with E-state index in [0.717, 1.165) is 10.3 Å². The van der Waals surface area contributed by atoms with E-state index in [-0.39, 0.29) is 15.9 Å². The maximum absolute atomic E-state index is 12.6. The molecule has 0 bridgehead atoms. The Morgan fingerprint density at radius 3 is 2.45 bits per heavy atom. The lowest BCUT2D eigenvalue weighted by atomic mass is 10.2. The van der Waals surface area contributed by atoms with E-state index in [1.165, 1.54) is 11.3 Å². The third-order valence-electron chi connectivity index (χ3n) is 4.14. The number of carbonyl (C=O) groups excluding carboxylic acids is 1. The first kappa shape index (κ1) is 19.0. The molecule has 29 heavy (non-hydrogen) atoms. The Hall–Kier alpha value is -3.30. The van der Waals surface area contributed by atoms with E-state index in [4.69, 9.17) is 0 Å². The van der Waals surface area contributed by atoms with Crippen molar-refractivity contribution >= 4 is 48.3 Å². The monoisotopic (exact) mass is 424 g/mol. The van der Waals surface area contributed by atoms with Crippen molar-refractivity contribution in [3.05, 3.63) is 78.1 Å². The minimum Gasteiger partial charge on any atom is -0.322 e. The molecule has 146 valence electrons. The minimum absolute atomic E-state index is 0.174. The van der Waals surface area contributed by atoms with Gasteiger partial charge in [0.05, 0.1) is 15.1 Å². The van der Waals surface area contributed by atoms with E-state index >= 15 is 0 Å². The molecule has 0 aliphatic carbocycles. The van der Waals surface area contributed by atoms with E-state index in [1.54, 1.807) is 67.0 Å². The van der Waals surface area contributed by atoms with E-state index < -0.39 is 10.0 Å². The van der Waals surface area contributed by atoms with Crippen LogP contribution < -0.4 is 10.0 Å². The van der Waals surface area contributed by atoms with Crippen molar-refractivity contribution in [2.24, 2.45) is 0 Å². The van der Waals surface area contributed by atoms with Crippen LogP contribution >= 0.6 is 11.3 Å². The van der Waals surface area contributed by atoms with Gasteiger partial charge in [-0.25, -0.2) is 13.4 Å². The van der Waals surface area contributed by atoms with E-state index in [2.05, 4.69) is 20.0 Å². The van der Waals surface area contributed by atoms with Crippen LogP contribution in [0.1, 0.15) is 15.9 Å². The zero-order chi connectivity index (χ0) is 20.4. The maximum atomic E-state index is 12.6. The molecule has 2 N–H and O–H groups in total. The first-order valence-corrected chi connectivity index (χ1v) is 10.9. The number of rotatable bonds is 5. The van der Waals surface area contributed by atoms with Crippen LogP contribution in [0.15, 0.2) is 71.9 Å². The molecule has 0 saturated carbocycles. The number of nitrogens with zero attached hydrogens (tertiary/aromatic N) is 2. The molecular weight excluding hydrogens is 408 g/mol. The van der Waals surface area contributed by atoms with Crippen LogP contribution in [-0.4, -0.2) is 24.3 Å². The number of fused-ring (bicyclic) bond motifs is 1. The largest absolute Gasteiger partial charge is 0.322 e. The second-order valence-electron chi connectivity index (χ2n) is 6.31. The summed E-state index contributed by atoms with van der Waals surface area (Å²) in [6.45, 7) is 1.89. The topological polar surface area (TPSA) is 101 Å². The summed E-state index contributed by atoms with van der Waals surface area (Å²) >= 11 is 1.20. The lowest BCUT2D eigenvalue weighted by molar-refractivity contribution is 0.102. The molecular formula is C20H16N4O3S2. The Morgan fingerprint density at radius 1 is 1.00 bits per heavy atom. The molecule has 0 spiro atoms. The summed E-state index contributed by atoms with van der Waals surface area (Å²) in [5, 5.41) is 3.07. The molecule has 0 fully saturated rings. The van der Waals surface area contributed by atoms with Crippen LogP contribution in [0.2, 0.25) is 0 Å². The number of hydrogen-bond donors (Lipinski definition) is 2. The number of pyridine rings is 1. The average Bonchev–Trinajstić information content (AvgIpc) is 3.09. The zero-order valence-electron chi connectivity index (χ0n) is 15.3. The van der Waals surface area contributed by atoms with Crippen LogP contribution in [0.5, 0.6) is 0 Å². The summed E-state index contributed by atoms with van der Waals surface area (Å²) in [7, 11) is -3.72. The van der Waals surface area contributed by atoms with Crippen LogP contribution in [0.25, 0.3) is 10.2 Å². The Balaban J connectivity index is 1.55. The molecule has 0 aliphatic heterocycles. The molecule has 2 aromatic heterocycles. The Bertz CT molecular complexity index is 1280. The smallest absolute Gasteiger partial charge is 0.263 e. The molecule has 0 aliphatic rings. The maximum Gasteiger partial charge on any atom is 0.263 e. The number of thiazole rings is 1. The van der Waals surface area contributed by atoms with Gasteiger partial charge in [-0.05, 0) is 49.4 Å². The predicted octanol–water partition coefficient (Wildman–Crippen LogP) is 4.05. The van der Waals surface area contributed by atoms with Crippen molar-refractivity contribution in [1.82, 2.24) is 9.97 Å². The molecule has 9 heteroatoms. The van der Waals surface area contributed by atoms with Crippen molar-refractivity contribution < 1.29 is 13.2 Å². The second kappa shape index (κ2) is 7.61. The van der Waals surface area contributed by atoms with Crippen molar-refractivity contribution in [2.45, 2.75) is 11.8 Å². The number of benzene rings is 2. The molecule has 1 amide bonds. The highest BCUT2D eigenvalue weighted by atomic mass is 32.2. The number of aromatic nitrogens is 2. The molecule has 0 unspecified atom stereocenters. The lowest BCUT2D eigenvalue weighted by Gasteiger charge is -2.04. The summed E-state index contributed by atoms with van der Waals surface area (Å²) < 4.78 is 28.4. The van der Waals surface area contributed by atoms with Crippen molar-refractivity contribution in [3.8, 4) is 0 Å². The van der Waals surface area contributed by atoms with Crippen LogP contribution in [0.4, 0.5) is 10.8 Å². The quantitative estimate of drug-likeness (QED) is 0.503. The van der Waals surface area contributed by atoms with Gasteiger partial charge in [-0.3, -0.25) is 14.5 Å². The molecule has 0 atom stereocenters. The van der Waals surface area contributed by atoms with Crippen molar-refractivity contribution in [1.29, 1.82) is 0 Å². The summed E-state index contributed by atoms with van der Waals surface area (Å²) in [4.78, 5) is 20.7. The van der Waals surface area contributed by atoms with Gasteiger partial charge in [-0.2, -0.15) is 0 Å². The van der Waals surface area contributed by atoms with Crippen molar-refractivity contribution in [3.63, 3.8) is 0 Å². The fourth-order valence-corrected chi connectivity index (χ4v) is 4.78. The molecule has 7 nitrogen and oxygen atoms in total. The van der Waals surface area contributed by atoms with Gasteiger partial charge < -0.3 is 5.32 Å². The van der Waals surface area contributed by atoms with Gasteiger partial charge in [0.2, 0.25) is 0 Å². The summed E-state index contributed by atoms with van der Waals surface area (Å²) in [5.41, 5.74) is 2.70. The van der Waals surface area contributed by atoms with Gasteiger partial charge in [0, 0.05) is 23.6 Å². The molecule has 4 aromatic rings. The molecule has 0 saturated heterocycles. The number of hydrogen-bond acceptors (Lipinski definition) is 6. The Labute approximate surface area is 171 Å². The summed E-state index contributed by atoms with van der Waals surface area (Å²) in [6, 6.07) is 15.1. The number of aryl methyl sites for hydroxylation is 1. The summed E-state index contributed by atoms with van der Waals surface area (Å²) in [6.07, 6.45) is 3.10. The van der Waals surface area contributed by atoms with Crippen LogP contribution in [0, 0.1) is 6.92 Å². The number of anilines is 2. The SMILES string of the molecule is Cc1ccc(S(=O)(=O)Nc2nc3ccc(NC(=O)c4ccncc4)cc3s2)cc1. The molecule has 2 heterocycles. The van der Waals surface area contributed by atoms with Gasteiger partial charge >= 0.3 is 0 Å². The minimum atomic E-state index is -3.72. The third kappa shape index (κ3) is 4.25. The fraction of sp³-hybridized carbons (Fsp3) is 0.0500. The number of nitrogens with one attached hydrogen (secondary N) is 2. The predicted molar refractivity (Wildman–Crippen MR) is 114 cm³/mol. The highest BCUT2D eigenvalue weighted by molar-refractivity contribution is 7.93. The van der Waals surface area contributed by atoms with Gasteiger partial charge in [-0.1, -0.05) is 29.0 Å². The van der Waals surface area contributed by atoms with Crippen LogP contribution in [-0.2, 0) is 10.0 Å². The molecule has 2 aromatic carbocycles. The number of amides is 1. The standard InChI is InChI=1S/C20H16N4O3S2/c1-13-2-5-16(6-3-13)29(26,27)24-20-23-17-7-4-15(12-18(17)28-20)22-19(25)14-8-10-21-11-9-14/h2-12H,1H3,(H,22,25)(H,23,24). The number of sulfonamides is 1. The highest BCUT2D eigenvalue weighted by Crippen LogP contribution is 2.30. The van der Waals surface area contributed by atoms with Gasteiger partial charge in [-0.15, -0.1) is 0 Å². The normalized spacial score (nSPS) is 11.3. The fourth-order valence-electron chi connectivity index (χ4n) is 2.64. The highest BCUT2D eigenvalue weighted by Gasteiger charge is 2.17. The molecule has 0 radical (unpaired) electrons. The van der Waals surface area contributed by atoms with Gasteiger partial charge in [0.25, 0.3) is 15.9 Å². The first-order valence-electron chi connectivity index (χ1n) is 8.62. The van der Waals surface area contributed by atoms with E-state index in [9.17, 15) is 13.2 Å². The van der Waals surface area contributed by atoms with Crippen LogP contribution in [0.3, 0.4) is 0 Å². The zero-order valence-corrected chi connectivity index (χ0v) is 16.9. The van der Waals surface area contributed by atoms with Gasteiger partial charge in [0.1, 0.15) is 0 Å². The second-order valence-corrected chi connectivity index (χ2v) is 9.02. The Kier molecular flexibility index (Phi) is 4.99. The Morgan fingerprint density at radius 2 is 1.72 bits per heavy atom. The summed E-state index contributed by atoms with van der Waals surface area (Å²) in [5.74, 6) is -0.253. The third-order valence-corrected chi connectivity index (χ3v) is 6.56. The molecule has 4 rings (SSSR count). The number of carbonyl (C=O) groups is 1. The average molecular weight is 425 g/mol. The van der Waals surface area contributed by atoms with E-state index in [0.29, 0.717) is 16.8 Å².